The van der Waals surface area contributed by atoms with Gasteiger partial charge < -0.3 is 23.8 Å². The molecule has 0 saturated heterocycles. The average Bonchev–Trinajstić information content (AvgIpc) is 2.52. The third kappa shape index (κ3) is 22.0. The van der Waals surface area contributed by atoms with Crippen LogP contribution in [0.3, 0.4) is 0 Å². The van der Waals surface area contributed by atoms with E-state index >= 15 is 0 Å². The first-order valence-corrected chi connectivity index (χ1v) is 10.9. The van der Waals surface area contributed by atoms with E-state index in [9.17, 15) is 9.46 Å². The summed E-state index contributed by atoms with van der Waals surface area (Å²) in [6.07, 6.45) is 14.5. The Bertz CT molecular complexity index is 295. The summed E-state index contributed by atoms with van der Waals surface area (Å²) in [7, 11) is -4.62. The van der Waals surface area contributed by atoms with Gasteiger partial charge in [-0.1, -0.05) is 71.1 Å². The molecule has 0 bridgehead atoms. The summed E-state index contributed by atoms with van der Waals surface area (Å²) in [5.74, 6) is 0. The Labute approximate surface area is 147 Å². The lowest BCUT2D eigenvalue weighted by molar-refractivity contribution is -0.220. The molecule has 0 radical (unpaired) electrons. The van der Waals surface area contributed by atoms with E-state index in [-0.39, 0.29) is 13.2 Å². The van der Waals surface area contributed by atoms with Crippen LogP contribution in [0.1, 0.15) is 77.6 Å². The Morgan fingerprint density at radius 3 is 1.62 bits per heavy atom. The highest BCUT2D eigenvalue weighted by Crippen LogP contribution is 2.29. The van der Waals surface area contributed by atoms with Crippen LogP contribution < -0.4 is 4.89 Å². The molecule has 7 heteroatoms. The fourth-order valence-electron chi connectivity index (χ4n) is 2.40. The number of ether oxygens (including phenoxy) is 2. The van der Waals surface area contributed by atoms with Gasteiger partial charge in [-0.2, -0.15) is 0 Å². The van der Waals surface area contributed by atoms with Crippen molar-refractivity contribution >= 4 is 7.82 Å². The first-order chi connectivity index (χ1) is 11.6. The van der Waals surface area contributed by atoms with Crippen LogP contribution in [0.5, 0.6) is 0 Å². The zero-order valence-corrected chi connectivity index (χ0v) is 16.1. The summed E-state index contributed by atoms with van der Waals surface area (Å²) in [5, 5.41) is 0. The molecule has 0 aliphatic carbocycles. The highest BCUT2D eigenvalue weighted by Gasteiger charge is 2.00. The van der Waals surface area contributed by atoms with Gasteiger partial charge >= 0.3 is 0 Å². The molecular formula is C17H36O6P-. The van der Waals surface area contributed by atoms with Crippen LogP contribution in [0.25, 0.3) is 0 Å². The van der Waals surface area contributed by atoms with Gasteiger partial charge in [-0.3, -0.25) is 4.57 Å². The minimum absolute atomic E-state index is 0.120. The smallest absolute Gasteiger partial charge is 0.265 e. The molecular weight excluding hydrogens is 331 g/mol. The van der Waals surface area contributed by atoms with Gasteiger partial charge in [0.05, 0.1) is 26.4 Å². The van der Waals surface area contributed by atoms with Gasteiger partial charge in [0.15, 0.2) is 0 Å². The fourth-order valence-corrected chi connectivity index (χ4v) is 2.71. The van der Waals surface area contributed by atoms with Crippen molar-refractivity contribution in [3.8, 4) is 0 Å². The van der Waals surface area contributed by atoms with Gasteiger partial charge in [0.2, 0.25) is 0 Å². The molecule has 0 aromatic heterocycles. The van der Waals surface area contributed by atoms with Crippen LogP contribution >= 0.6 is 7.82 Å². The van der Waals surface area contributed by atoms with Crippen LogP contribution in [0.15, 0.2) is 0 Å². The van der Waals surface area contributed by atoms with Crippen LogP contribution in [-0.2, 0) is 18.6 Å². The Morgan fingerprint density at radius 2 is 1.12 bits per heavy atom. The summed E-state index contributed by atoms with van der Waals surface area (Å²) < 4.78 is 25.0. The van der Waals surface area contributed by atoms with Gasteiger partial charge in [-0.05, 0) is 6.42 Å². The number of phosphoric ester groups is 1. The van der Waals surface area contributed by atoms with Crippen LogP contribution in [0, 0.1) is 0 Å². The highest BCUT2D eigenvalue weighted by molar-refractivity contribution is 7.44. The van der Waals surface area contributed by atoms with Crippen molar-refractivity contribution in [3.63, 3.8) is 0 Å². The fraction of sp³-hybridized carbons (Fsp3) is 1.00. The molecule has 0 aliphatic rings. The first-order valence-electron chi connectivity index (χ1n) is 9.40. The molecule has 0 aliphatic heterocycles. The lowest BCUT2D eigenvalue weighted by atomic mass is 10.1. The van der Waals surface area contributed by atoms with Gasteiger partial charge in [-0.15, -0.1) is 0 Å². The predicted molar refractivity (Wildman–Crippen MR) is 93.9 cm³/mol. The van der Waals surface area contributed by atoms with E-state index in [0.717, 1.165) is 13.0 Å². The van der Waals surface area contributed by atoms with E-state index in [1.54, 1.807) is 0 Å². The third-order valence-electron chi connectivity index (χ3n) is 3.75. The van der Waals surface area contributed by atoms with Gasteiger partial charge in [0.1, 0.15) is 0 Å². The standard InChI is InChI=1S/C17H37O6P/c1-2-3-4-5-6-7-8-9-10-11-12-13-21-14-15-22-16-17-23-24(18,19)20/h2-17H2,1H3,(H2,18,19,20)/p-1. The molecule has 1 unspecified atom stereocenters. The predicted octanol–water partition coefficient (Wildman–Crippen LogP) is 3.81. The summed E-state index contributed by atoms with van der Waals surface area (Å²) in [4.78, 5) is 18.6. The van der Waals surface area contributed by atoms with Crippen molar-refractivity contribution in [1.29, 1.82) is 0 Å². The van der Waals surface area contributed by atoms with Crippen LogP contribution in [-0.4, -0.2) is 37.9 Å². The molecule has 1 atom stereocenters. The zero-order chi connectivity index (χ0) is 17.9. The third-order valence-corrected chi connectivity index (χ3v) is 4.26. The van der Waals surface area contributed by atoms with E-state index in [1.807, 2.05) is 0 Å². The lowest BCUT2D eigenvalue weighted by Crippen LogP contribution is -2.11. The van der Waals surface area contributed by atoms with Gasteiger partial charge in [0.25, 0.3) is 7.82 Å². The van der Waals surface area contributed by atoms with Crippen molar-refractivity contribution in [2.75, 3.05) is 33.0 Å². The second-order valence-electron chi connectivity index (χ2n) is 6.06. The lowest BCUT2D eigenvalue weighted by Gasteiger charge is -2.15. The molecule has 0 aromatic carbocycles. The number of hydrogen-bond acceptors (Lipinski definition) is 5. The largest absolute Gasteiger partial charge is 0.756 e. The SMILES string of the molecule is CCCCCCCCCCCCCOCCOCCOP(=O)([O-])O. The molecule has 6 nitrogen and oxygen atoms in total. The van der Waals surface area contributed by atoms with Crippen molar-refractivity contribution in [2.45, 2.75) is 77.6 Å². The molecule has 0 rings (SSSR count). The minimum Gasteiger partial charge on any atom is -0.756 e. The number of rotatable bonds is 19. The van der Waals surface area contributed by atoms with E-state index in [1.165, 1.54) is 64.2 Å². The average molecular weight is 367 g/mol. The van der Waals surface area contributed by atoms with Crippen molar-refractivity contribution in [2.24, 2.45) is 0 Å². The molecule has 0 spiro atoms. The zero-order valence-electron chi connectivity index (χ0n) is 15.2. The maximum Gasteiger partial charge on any atom is 0.265 e. The Hall–Kier alpha value is 0.0300. The van der Waals surface area contributed by atoms with E-state index in [0.29, 0.717) is 13.2 Å². The highest BCUT2D eigenvalue weighted by atomic mass is 31.2. The topological polar surface area (TPSA) is 88.1 Å². The Morgan fingerprint density at radius 1 is 0.708 bits per heavy atom. The van der Waals surface area contributed by atoms with Crippen molar-refractivity contribution in [3.05, 3.63) is 0 Å². The maximum atomic E-state index is 10.3. The molecule has 1 N–H and O–H groups in total. The van der Waals surface area contributed by atoms with Gasteiger partial charge in [-0.25, -0.2) is 0 Å². The van der Waals surface area contributed by atoms with Crippen LogP contribution in [0.2, 0.25) is 0 Å². The second-order valence-corrected chi connectivity index (χ2v) is 7.26. The van der Waals surface area contributed by atoms with E-state index in [4.69, 9.17) is 14.4 Å². The molecule has 146 valence electrons. The van der Waals surface area contributed by atoms with E-state index < -0.39 is 7.82 Å². The molecule has 0 aromatic rings. The van der Waals surface area contributed by atoms with Crippen molar-refractivity contribution < 1.29 is 28.3 Å². The second kappa shape index (κ2) is 17.8. The van der Waals surface area contributed by atoms with E-state index in [2.05, 4.69) is 11.4 Å². The molecule has 0 fully saturated rings. The first kappa shape index (κ1) is 24.0. The number of phosphoric acid groups is 1. The maximum absolute atomic E-state index is 10.3. The number of hydrogen-bond donors (Lipinski definition) is 1. The number of unbranched alkanes of at least 4 members (excludes halogenated alkanes) is 10. The normalized spacial score (nSPS) is 14.0. The van der Waals surface area contributed by atoms with Crippen molar-refractivity contribution in [1.82, 2.24) is 0 Å². The summed E-state index contributed by atoms with van der Waals surface area (Å²) in [5.41, 5.74) is 0. The molecule has 0 amide bonds. The molecule has 0 saturated carbocycles. The van der Waals surface area contributed by atoms with Crippen LogP contribution in [0.4, 0.5) is 0 Å². The molecule has 0 heterocycles. The summed E-state index contributed by atoms with van der Waals surface area (Å²) in [6, 6.07) is 0. The Kier molecular flexibility index (Phi) is 17.9. The monoisotopic (exact) mass is 367 g/mol. The van der Waals surface area contributed by atoms with Gasteiger partial charge in [0, 0.05) is 6.61 Å². The summed E-state index contributed by atoms with van der Waals surface area (Å²) >= 11 is 0. The summed E-state index contributed by atoms with van der Waals surface area (Å²) in [6.45, 7) is 3.83. The minimum atomic E-state index is -4.62. The quantitative estimate of drug-likeness (QED) is 0.276. The Balaban J connectivity index is 3.02. The molecule has 24 heavy (non-hydrogen) atoms.